The SMILES string of the molecule is COc1c([N+](=O)[O-])cc(C)c2c(C(F)(F)F)ccnc12. The molecular weight excluding hydrogens is 277 g/mol. The molecule has 5 nitrogen and oxygen atoms in total. The Hall–Kier alpha value is -2.38. The average Bonchev–Trinajstić information content (AvgIpc) is 2.36. The van der Waals surface area contributed by atoms with Crippen LogP contribution in [-0.4, -0.2) is 17.0 Å². The zero-order valence-electron chi connectivity index (χ0n) is 10.5. The number of ether oxygens (including phenoxy) is 1. The van der Waals surface area contributed by atoms with E-state index in [1.54, 1.807) is 0 Å². The Balaban J connectivity index is 2.97. The standard InChI is InChI=1S/C12H9F3N2O3/c1-6-5-8(17(18)19)11(20-2)10-9(6)7(3-4-16-10)12(13,14)15/h3-5H,1-2H3. The summed E-state index contributed by atoms with van der Waals surface area (Å²) in [5.41, 5.74) is -1.36. The van der Waals surface area contributed by atoms with Crippen molar-refractivity contribution in [1.29, 1.82) is 0 Å². The van der Waals surface area contributed by atoms with Gasteiger partial charge < -0.3 is 4.74 Å². The fourth-order valence-corrected chi connectivity index (χ4v) is 2.07. The van der Waals surface area contributed by atoms with Crippen molar-refractivity contribution >= 4 is 16.6 Å². The fourth-order valence-electron chi connectivity index (χ4n) is 2.07. The molecule has 106 valence electrons. The molecule has 1 aromatic heterocycles. The van der Waals surface area contributed by atoms with Crippen molar-refractivity contribution in [2.75, 3.05) is 7.11 Å². The lowest BCUT2D eigenvalue weighted by Crippen LogP contribution is -2.08. The van der Waals surface area contributed by atoms with Gasteiger partial charge in [-0.25, -0.2) is 0 Å². The first-order chi connectivity index (χ1) is 9.27. The number of methoxy groups -OCH3 is 1. The van der Waals surface area contributed by atoms with Gasteiger partial charge in [0, 0.05) is 17.6 Å². The van der Waals surface area contributed by atoms with Crippen molar-refractivity contribution < 1.29 is 22.8 Å². The molecule has 20 heavy (non-hydrogen) atoms. The van der Waals surface area contributed by atoms with Crippen LogP contribution in [0.2, 0.25) is 0 Å². The summed E-state index contributed by atoms with van der Waals surface area (Å²) in [5.74, 6) is -0.276. The molecule has 0 amide bonds. The van der Waals surface area contributed by atoms with E-state index < -0.39 is 22.4 Å². The van der Waals surface area contributed by atoms with Gasteiger partial charge in [-0.2, -0.15) is 13.2 Å². The van der Waals surface area contributed by atoms with Crippen LogP contribution in [-0.2, 0) is 6.18 Å². The summed E-state index contributed by atoms with van der Waals surface area (Å²) in [4.78, 5) is 14.0. The molecule has 0 aliphatic carbocycles. The molecular formula is C12H9F3N2O3. The van der Waals surface area contributed by atoms with Crippen LogP contribution < -0.4 is 4.74 Å². The maximum Gasteiger partial charge on any atom is 0.417 e. The highest BCUT2D eigenvalue weighted by atomic mass is 19.4. The minimum atomic E-state index is -4.58. The molecule has 0 saturated heterocycles. The van der Waals surface area contributed by atoms with Crippen LogP contribution in [0.3, 0.4) is 0 Å². The highest BCUT2D eigenvalue weighted by Crippen LogP contribution is 2.41. The molecule has 2 aromatic rings. The average molecular weight is 286 g/mol. The Bertz CT molecular complexity index is 698. The summed E-state index contributed by atoms with van der Waals surface area (Å²) >= 11 is 0. The van der Waals surface area contributed by atoms with Crippen LogP contribution in [0.4, 0.5) is 18.9 Å². The summed E-state index contributed by atoms with van der Waals surface area (Å²) < 4.78 is 43.8. The number of aryl methyl sites for hydroxylation is 1. The molecule has 1 heterocycles. The zero-order chi connectivity index (χ0) is 15.1. The third-order valence-electron chi connectivity index (χ3n) is 2.85. The third-order valence-corrected chi connectivity index (χ3v) is 2.85. The maximum absolute atomic E-state index is 13.0. The monoisotopic (exact) mass is 286 g/mol. The second-order valence-electron chi connectivity index (χ2n) is 4.08. The van der Waals surface area contributed by atoms with Crippen LogP contribution in [0.5, 0.6) is 5.75 Å². The number of halogens is 3. The molecule has 0 atom stereocenters. The number of nitrogens with zero attached hydrogens (tertiary/aromatic N) is 2. The first-order valence-corrected chi connectivity index (χ1v) is 5.45. The molecule has 0 fully saturated rings. The highest BCUT2D eigenvalue weighted by Gasteiger charge is 2.35. The number of nitro benzene ring substituents is 1. The molecule has 0 N–H and O–H groups in total. The van der Waals surface area contributed by atoms with E-state index in [-0.39, 0.29) is 22.2 Å². The minimum Gasteiger partial charge on any atom is -0.489 e. The Morgan fingerprint density at radius 3 is 2.55 bits per heavy atom. The normalized spacial score (nSPS) is 11.7. The highest BCUT2D eigenvalue weighted by molar-refractivity contribution is 5.93. The van der Waals surface area contributed by atoms with Gasteiger partial charge in [-0.05, 0) is 18.6 Å². The summed E-state index contributed by atoms with van der Waals surface area (Å²) in [7, 11) is 1.15. The summed E-state index contributed by atoms with van der Waals surface area (Å²) in [6.45, 7) is 1.37. The van der Waals surface area contributed by atoms with Crippen molar-refractivity contribution in [3.8, 4) is 5.75 Å². The van der Waals surface area contributed by atoms with Gasteiger partial charge in [-0.3, -0.25) is 15.1 Å². The summed E-state index contributed by atoms with van der Waals surface area (Å²) in [6.07, 6.45) is -3.62. The number of rotatable bonds is 2. The van der Waals surface area contributed by atoms with Crippen LogP contribution in [0, 0.1) is 17.0 Å². The number of nitro groups is 1. The molecule has 0 aliphatic heterocycles. The number of hydrogen-bond donors (Lipinski definition) is 0. The quantitative estimate of drug-likeness (QED) is 0.626. The number of hydrogen-bond acceptors (Lipinski definition) is 4. The second kappa shape index (κ2) is 4.62. The van der Waals surface area contributed by atoms with Crippen molar-refractivity contribution in [3.05, 3.63) is 39.6 Å². The van der Waals surface area contributed by atoms with E-state index in [1.165, 1.54) is 6.92 Å². The second-order valence-corrected chi connectivity index (χ2v) is 4.08. The van der Waals surface area contributed by atoms with Crippen LogP contribution in [0.25, 0.3) is 10.9 Å². The predicted molar refractivity (Wildman–Crippen MR) is 64.7 cm³/mol. The Morgan fingerprint density at radius 1 is 1.40 bits per heavy atom. The first kappa shape index (κ1) is 14.0. The first-order valence-electron chi connectivity index (χ1n) is 5.45. The van der Waals surface area contributed by atoms with Gasteiger partial charge in [-0.1, -0.05) is 0 Å². The topological polar surface area (TPSA) is 65.3 Å². The molecule has 0 spiro atoms. The van der Waals surface area contributed by atoms with Crippen LogP contribution in [0.1, 0.15) is 11.1 Å². The maximum atomic E-state index is 13.0. The van der Waals surface area contributed by atoms with Gasteiger partial charge in [0.15, 0.2) is 0 Å². The smallest absolute Gasteiger partial charge is 0.417 e. The lowest BCUT2D eigenvalue weighted by molar-refractivity contribution is -0.385. The van der Waals surface area contributed by atoms with Crippen molar-refractivity contribution in [2.24, 2.45) is 0 Å². The van der Waals surface area contributed by atoms with E-state index in [9.17, 15) is 23.3 Å². The number of pyridine rings is 1. The van der Waals surface area contributed by atoms with E-state index >= 15 is 0 Å². The molecule has 0 saturated carbocycles. The Labute approximate surface area is 111 Å². The van der Waals surface area contributed by atoms with Gasteiger partial charge in [0.05, 0.1) is 17.6 Å². The Morgan fingerprint density at radius 2 is 2.05 bits per heavy atom. The molecule has 2 rings (SSSR count). The molecule has 0 bridgehead atoms. The van der Waals surface area contributed by atoms with Gasteiger partial charge in [0.2, 0.25) is 5.75 Å². The van der Waals surface area contributed by atoms with E-state index in [2.05, 4.69) is 4.98 Å². The van der Waals surface area contributed by atoms with Crippen molar-refractivity contribution in [2.45, 2.75) is 13.1 Å². The van der Waals surface area contributed by atoms with Crippen LogP contribution >= 0.6 is 0 Å². The molecule has 0 unspecified atom stereocenters. The van der Waals surface area contributed by atoms with E-state index in [1.807, 2.05) is 0 Å². The number of alkyl halides is 3. The largest absolute Gasteiger partial charge is 0.489 e. The van der Waals surface area contributed by atoms with E-state index in [4.69, 9.17) is 4.74 Å². The lowest BCUT2D eigenvalue weighted by atomic mass is 10.0. The summed E-state index contributed by atoms with van der Waals surface area (Å²) in [6, 6.07) is 1.89. The van der Waals surface area contributed by atoms with Gasteiger partial charge >= 0.3 is 11.9 Å². The lowest BCUT2D eigenvalue weighted by Gasteiger charge is -2.13. The third kappa shape index (κ3) is 2.13. The number of aromatic nitrogens is 1. The summed E-state index contributed by atoms with van der Waals surface area (Å²) in [5, 5.41) is 10.7. The predicted octanol–water partition coefficient (Wildman–Crippen LogP) is 3.48. The Kier molecular flexibility index (Phi) is 3.24. The molecule has 1 aromatic carbocycles. The fraction of sp³-hybridized carbons (Fsp3) is 0.250. The van der Waals surface area contributed by atoms with E-state index in [0.29, 0.717) is 0 Å². The van der Waals surface area contributed by atoms with Gasteiger partial charge in [0.25, 0.3) is 0 Å². The zero-order valence-corrected chi connectivity index (χ0v) is 10.5. The van der Waals surface area contributed by atoms with E-state index in [0.717, 1.165) is 25.4 Å². The molecule has 0 aliphatic rings. The molecule has 8 heteroatoms. The van der Waals surface area contributed by atoms with Crippen LogP contribution in [0.15, 0.2) is 18.3 Å². The number of fused-ring (bicyclic) bond motifs is 1. The molecule has 0 radical (unpaired) electrons. The minimum absolute atomic E-state index is 0.118. The van der Waals surface area contributed by atoms with Crippen molar-refractivity contribution in [3.63, 3.8) is 0 Å². The van der Waals surface area contributed by atoms with Crippen molar-refractivity contribution in [1.82, 2.24) is 4.98 Å². The van der Waals surface area contributed by atoms with Gasteiger partial charge in [0.1, 0.15) is 5.52 Å². The van der Waals surface area contributed by atoms with Gasteiger partial charge in [-0.15, -0.1) is 0 Å². The number of benzene rings is 1.